The van der Waals surface area contributed by atoms with Crippen LogP contribution in [0.1, 0.15) is 146 Å². The van der Waals surface area contributed by atoms with E-state index in [1.54, 1.807) is 49.5 Å². The van der Waals surface area contributed by atoms with Crippen molar-refractivity contribution in [3.8, 4) is 11.8 Å². The fourth-order valence-electron chi connectivity index (χ4n) is 17.4. The first kappa shape index (κ1) is 93.1. The first-order valence-corrected chi connectivity index (χ1v) is 49.0. The maximum atomic E-state index is 12.0. The van der Waals surface area contributed by atoms with Gasteiger partial charge < -0.3 is 70.3 Å². The number of H-pyrrole nitrogens is 4. The molecule has 0 aliphatic carbocycles. The van der Waals surface area contributed by atoms with Gasteiger partial charge in [0.2, 0.25) is 43.6 Å². The van der Waals surface area contributed by atoms with Crippen LogP contribution in [0.4, 0.5) is 34.9 Å². The van der Waals surface area contributed by atoms with Crippen LogP contribution in [-0.4, -0.2) is 260 Å². The molecular formula is C91H104Cl2N32O8S2. The Kier molecular flexibility index (Phi) is 27.8. The van der Waals surface area contributed by atoms with Gasteiger partial charge in [-0.1, -0.05) is 71.7 Å². The smallest absolute Gasteiger partial charge is 0.226 e. The minimum absolute atomic E-state index is 0.00602. The molecule has 4 fully saturated rings. The number of anilines is 6. The lowest BCUT2D eigenvalue weighted by Crippen LogP contribution is -2.45. The lowest BCUT2D eigenvalue weighted by Gasteiger charge is -2.37. The van der Waals surface area contributed by atoms with E-state index in [9.17, 15) is 26.4 Å². The van der Waals surface area contributed by atoms with Crippen molar-refractivity contribution in [1.82, 2.24) is 128 Å². The van der Waals surface area contributed by atoms with Crippen LogP contribution in [0.3, 0.4) is 0 Å². The van der Waals surface area contributed by atoms with Crippen molar-refractivity contribution in [3.05, 3.63) is 180 Å². The molecule has 0 bridgehead atoms. The van der Waals surface area contributed by atoms with Gasteiger partial charge in [-0.05, 0) is 119 Å². The van der Waals surface area contributed by atoms with E-state index in [1.807, 2.05) is 98.3 Å². The highest BCUT2D eigenvalue weighted by atomic mass is 35.5. The number of aryl methyl sites for hydroxylation is 1. The number of piperidine rings is 4. The van der Waals surface area contributed by atoms with E-state index in [-0.39, 0.29) is 60.3 Å². The van der Waals surface area contributed by atoms with E-state index in [2.05, 4.69) is 156 Å². The van der Waals surface area contributed by atoms with Crippen molar-refractivity contribution >= 4 is 178 Å². The number of benzene rings is 4. The summed E-state index contributed by atoms with van der Waals surface area (Å²) < 4.78 is 63.6. The van der Waals surface area contributed by atoms with E-state index >= 15 is 0 Å². The van der Waals surface area contributed by atoms with Gasteiger partial charge in [-0.2, -0.15) is 9.97 Å². The average Bonchev–Trinajstić information content (AvgIpc) is 0.887. The van der Waals surface area contributed by atoms with E-state index in [0.29, 0.717) is 161 Å². The molecule has 4 aliphatic rings. The minimum atomic E-state index is -3.19. The van der Waals surface area contributed by atoms with Crippen molar-refractivity contribution < 1.29 is 35.9 Å². The average molecular weight is 1910 g/mol. The van der Waals surface area contributed by atoms with Gasteiger partial charge >= 0.3 is 0 Å². The van der Waals surface area contributed by atoms with Gasteiger partial charge in [-0.15, -0.1) is 0 Å². The SMILES string of the molecule is CC(=O)N1CCC(Oc2nc(C(C)Nc3ncnc4nc[nH]c34)nc3cccc(Cl)c23)CC1.CC(=O)N1CCC(Oc2nc(C(C)Nc3ncnc4nc[nH]c34)nc3ccccc23)CC1.CC(Nc1ncnc2nc[nH]c12)c1cc2cccc(Cl)c2c(N(C)C2CCN(S(C)(=O)=O)CC2)n1.Cc1cccc2cc(C(C)Nc3ncnc4nc[nH]c34)nc(N(C)C3CCN(S(C)(=O)=O)CC3)c12. The Morgan fingerprint density at radius 1 is 0.422 bits per heavy atom. The largest absolute Gasteiger partial charge is 0.474 e. The number of carbonyl (C=O) groups is 2. The number of aromatic amines is 4. The number of ether oxygens (including phenoxy) is 2. The Morgan fingerprint density at radius 3 is 1.21 bits per heavy atom. The van der Waals surface area contributed by atoms with Crippen molar-refractivity contribution in [1.29, 1.82) is 0 Å². The molecule has 0 radical (unpaired) electrons. The minimum Gasteiger partial charge on any atom is -0.474 e. The summed E-state index contributed by atoms with van der Waals surface area (Å²) in [7, 11) is -2.28. The molecule has 2 amide bonds. The number of aromatic nitrogens is 22. The summed E-state index contributed by atoms with van der Waals surface area (Å²) in [5, 5.41) is 20.4. The van der Waals surface area contributed by atoms with Crippen LogP contribution in [0.2, 0.25) is 10.0 Å². The van der Waals surface area contributed by atoms with Crippen molar-refractivity contribution in [2.45, 2.75) is 148 Å². The number of nitrogens with one attached hydrogen (secondary N) is 8. The van der Waals surface area contributed by atoms with Crippen LogP contribution < -0.4 is 40.5 Å². The number of likely N-dealkylation sites (tertiary alicyclic amines) is 2. The van der Waals surface area contributed by atoms with Crippen molar-refractivity contribution in [3.63, 3.8) is 0 Å². The molecule has 4 aromatic carbocycles. The van der Waals surface area contributed by atoms with Gasteiger partial charge in [-0.3, -0.25) is 9.59 Å². The van der Waals surface area contributed by atoms with Gasteiger partial charge in [0.25, 0.3) is 0 Å². The Morgan fingerprint density at radius 2 is 0.785 bits per heavy atom. The number of fused-ring (bicyclic) bond motifs is 8. The lowest BCUT2D eigenvalue weighted by molar-refractivity contribution is -0.131. The number of carbonyl (C=O) groups excluding carboxylic acids is 2. The second-order valence-corrected chi connectivity index (χ2v) is 38.9. The van der Waals surface area contributed by atoms with Crippen LogP contribution in [0, 0.1) is 6.92 Å². The third-order valence-electron chi connectivity index (χ3n) is 25.0. The van der Waals surface area contributed by atoms with Crippen LogP contribution in [0.15, 0.2) is 142 Å². The molecule has 0 saturated carbocycles. The Bertz CT molecular complexity index is 7020. The van der Waals surface area contributed by atoms with Gasteiger partial charge in [0.05, 0.1) is 105 Å². The summed E-state index contributed by atoms with van der Waals surface area (Å²) in [4.78, 5) is 124. The number of imidazole rings is 4. The highest BCUT2D eigenvalue weighted by molar-refractivity contribution is 7.88. The highest BCUT2D eigenvalue weighted by Gasteiger charge is 2.34. The van der Waals surface area contributed by atoms with E-state index in [0.717, 1.165) is 116 Å². The molecule has 16 heterocycles. The first-order chi connectivity index (χ1) is 65.0. The number of para-hydroxylation sites is 1. The monoisotopic (exact) mass is 1910 g/mol. The molecule has 12 aromatic heterocycles. The number of hydrogen-bond donors (Lipinski definition) is 8. The molecule has 40 nitrogen and oxygen atoms in total. The van der Waals surface area contributed by atoms with Crippen molar-refractivity contribution in [2.75, 3.05) is 110 Å². The normalized spacial score (nSPS) is 16.2. The molecule has 4 unspecified atom stereocenters. The molecule has 0 spiro atoms. The highest BCUT2D eigenvalue weighted by Crippen LogP contribution is 2.40. The van der Waals surface area contributed by atoms with Crippen LogP contribution in [-0.2, 0) is 29.6 Å². The summed E-state index contributed by atoms with van der Waals surface area (Å²) in [6, 6.07) is 29.2. The van der Waals surface area contributed by atoms with E-state index < -0.39 is 20.0 Å². The van der Waals surface area contributed by atoms with E-state index in [1.165, 1.54) is 42.1 Å². The molecular weight excluding hydrogens is 1800 g/mol. The van der Waals surface area contributed by atoms with Crippen LogP contribution in [0.5, 0.6) is 11.8 Å². The number of halogens is 2. The summed E-state index contributed by atoms with van der Waals surface area (Å²) in [5.74, 6) is 6.62. The molecule has 4 atom stereocenters. The number of amides is 2. The quantitative estimate of drug-likeness (QED) is 0.0312. The van der Waals surface area contributed by atoms with Crippen molar-refractivity contribution in [2.24, 2.45) is 0 Å². The zero-order chi connectivity index (χ0) is 94.5. The Labute approximate surface area is 787 Å². The second kappa shape index (κ2) is 40.2. The first-order valence-electron chi connectivity index (χ1n) is 44.6. The van der Waals surface area contributed by atoms with Gasteiger partial charge in [0, 0.05) is 129 Å². The van der Waals surface area contributed by atoms with Gasteiger partial charge in [0.15, 0.2) is 57.5 Å². The molecule has 135 heavy (non-hydrogen) atoms. The number of sulfonamides is 2. The molecule has 44 heteroatoms. The van der Waals surface area contributed by atoms with Gasteiger partial charge in [-0.25, -0.2) is 105 Å². The summed E-state index contributed by atoms with van der Waals surface area (Å²) >= 11 is 13.1. The predicted molar refractivity (Wildman–Crippen MR) is 520 cm³/mol. The Hall–Kier alpha value is -13.7. The van der Waals surface area contributed by atoms with Crippen LogP contribution >= 0.6 is 23.2 Å². The maximum Gasteiger partial charge on any atom is 0.226 e. The zero-order valence-electron chi connectivity index (χ0n) is 76.3. The summed E-state index contributed by atoms with van der Waals surface area (Å²) in [6.45, 7) is 18.1. The predicted octanol–water partition coefficient (Wildman–Crippen LogP) is 13.2. The molecule has 4 saturated heterocycles. The molecule has 4 aliphatic heterocycles. The number of pyridine rings is 2. The van der Waals surface area contributed by atoms with E-state index in [4.69, 9.17) is 62.6 Å². The zero-order valence-corrected chi connectivity index (χ0v) is 79.4. The summed E-state index contributed by atoms with van der Waals surface area (Å²) in [6.07, 6.45) is 20.7. The number of rotatable bonds is 22. The Balaban J connectivity index is 0.000000125. The molecule has 8 N–H and O–H groups in total. The second-order valence-electron chi connectivity index (χ2n) is 34.1. The number of hydrogen-bond acceptors (Lipinski definition) is 32. The third kappa shape index (κ3) is 21.0. The van der Waals surface area contributed by atoms with Gasteiger partial charge in [0.1, 0.15) is 71.2 Å². The fraction of sp³-hybridized carbons (Fsp3) is 0.385. The third-order valence-corrected chi connectivity index (χ3v) is 28.2. The number of nitrogens with zero attached hydrogens (tertiary/aromatic N) is 24. The standard InChI is InChI=1S/C24H30N8O2S.C23H27ClN8O2S.C22H23ClN8O2.C22H24N8O2/c1-15-6-5-7-17-12-19(16(2)29-23-21-22(26-13-25-21)27-14-28-23)30-24(20(15)17)31(3)18-8-10-32(11-9-18)35(4,33)34;1-14(29-22-20-21(26-12-25-20)27-13-28-22)18-11-15-5-4-6-17(24)19(15)23(30-18)31(2)16-7-9-32(10-8-16)35(3,33)34;1-12(28-21-18-20(25-10-24-18)26-11-27-21)19-29-16-5-3-4-15(23)17(16)22(30-19)33-14-6-8-31(9-7-14)13(2)32;1-13(27-21-18-20(24-11-23-18)25-12-26-21)19-28-17-6-4-3-5-16(17)22(29-19)32-15-7-9-30(10-8-15)14(2)31/h5-7,12-14,16,18H,8-11H2,1-4H3,(H2,25,26,27,28,29);4-6,11-14,16H,7-10H2,1-3H3,(H2,25,26,27,28,29);3-5,10-12,14H,6-9H2,1-2H3,(H2,24,25,26,27,28);3-6,11-13,15H,7-10H2,1-2H3,(H2,23,24,25,26,27). The maximum absolute atomic E-state index is 12.0. The fourth-order valence-corrected chi connectivity index (χ4v) is 19.7. The molecule has 20 rings (SSSR count). The molecule has 16 aromatic rings. The topological polar surface area (TPSA) is 484 Å². The lowest BCUT2D eigenvalue weighted by atomic mass is 10.0. The summed E-state index contributed by atoms with van der Waals surface area (Å²) in [5.41, 5.74) is 9.70. The van der Waals surface area contributed by atoms with Crippen LogP contribution in [0.25, 0.3) is 88.0 Å². The molecule has 702 valence electrons.